The fourth-order valence-electron chi connectivity index (χ4n) is 2.53. The SMILES string of the molecule is CCOC(=O)C1CCc2sc(C(CC)CC)nc21. The summed E-state index contributed by atoms with van der Waals surface area (Å²) in [5.74, 6) is 0.334. The molecule has 0 aromatic carbocycles. The van der Waals surface area contributed by atoms with E-state index in [0.29, 0.717) is 12.5 Å². The van der Waals surface area contributed by atoms with Crippen LogP contribution in [0.15, 0.2) is 0 Å². The molecule has 0 saturated carbocycles. The molecule has 0 bridgehead atoms. The van der Waals surface area contributed by atoms with Gasteiger partial charge in [0.2, 0.25) is 0 Å². The summed E-state index contributed by atoms with van der Waals surface area (Å²) in [7, 11) is 0. The Labute approximate surface area is 113 Å². The molecular formula is C14H21NO2S. The van der Waals surface area contributed by atoms with Crippen molar-refractivity contribution in [3.8, 4) is 0 Å². The van der Waals surface area contributed by atoms with E-state index in [1.807, 2.05) is 6.92 Å². The zero-order chi connectivity index (χ0) is 13.1. The molecular weight excluding hydrogens is 246 g/mol. The standard InChI is InChI=1S/C14H21NO2S/c1-4-9(5-2)13-15-12-10(14(16)17-6-3)7-8-11(12)18-13/h9-10H,4-8H2,1-3H3. The molecule has 0 fully saturated rings. The van der Waals surface area contributed by atoms with E-state index in [-0.39, 0.29) is 11.9 Å². The lowest BCUT2D eigenvalue weighted by Gasteiger charge is -2.10. The van der Waals surface area contributed by atoms with Crippen molar-refractivity contribution in [2.45, 2.75) is 58.3 Å². The number of hydrogen-bond donors (Lipinski definition) is 0. The van der Waals surface area contributed by atoms with Gasteiger partial charge >= 0.3 is 5.97 Å². The van der Waals surface area contributed by atoms with Gasteiger partial charge in [-0.2, -0.15) is 0 Å². The maximum Gasteiger partial charge on any atom is 0.315 e. The number of fused-ring (bicyclic) bond motifs is 1. The summed E-state index contributed by atoms with van der Waals surface area (Å²) in [5.41, 5.74) is 1.00. The van der Waals surface area contributed by atoms with Gasteiger partial charge in [0, 0.05) is 10.8 Å². The van der Waals surface area contributed by atoms with Crippen molar-refractivity contribution in [2.24, 2.45) is 0 Å². The first-order chi connectivity index (χ1) is 8.71. The van der Waals surface area contributed by atoms with Crippen LogP contribution in [0.5, 0.6) is 0 Å². The lowest BCUT2D eigenvalue weighted by molar-refractivity contribution is -0.145. The highest BCUT2D eigenvalue weighted by Gasteiger charge is 2.34. The van der Waals surface area contributed by atoms with Crippen molar-refractivity contribution < 1.29 is 9.53 Å². The Hall–Kier alpha value is -0.900. The van der Waals surface area contributed by atoms with E-state index in [1.54, 1.807) is 11.3 Å². The van der Waals surface area contributed by atoms with Crippen LogP contribution in [0.3, 0.4) is 0 Å². The molecule has 2 rings (SSSR count). The topological polar surface area (TPSA) is 39.2 Å². The number of thiazole rings is 1. The number of carbonyl (C=O) groups excluding carboxylic acids is 1. The number of hydrogen-bond acceptors (Lipinski definition) is 4. The van der Waals surface area contributed by atoms with Gasteiger partial charge in [0.05, 0.1) is 17.3 Å². The van der Waals surface area contributed by atoms with E-state index in [1.165, 1.54) is 9.88 Å². The molecule has 4 heteroatoms. The van der Waals surface area contributed by atoms with Gasteiger partial charge in [-0.3, -0.25) is 4.79 Å². The van der Waals surface area contributed by atoms with Gasteiger partial charge in [0.25, 0.3) is 0 Å². The van der Waals surface area contributed by atoms with Gasteiger partial charge < -0.3 is 4.74 Å². The summed E-state index contributed by atoms with van der Waals surface area (Å²) in [6, 6.07) is 0. The van der Waals surface area contributed by atoms with Crippen molar-refractivity contribution >= 4 is 17.3 Å². The van der Waals surface area contributed by atoms with E-state index in [0.717, 1.165) is 31.4 Å². The van der Waals surface area contributed by atoms with Crippen LogP contribution in [0.25, 0.3) is 0 Å². The van der Waals surface area contributed by atoms with E-state index in [4.69, 9.17) is 9.72 Å². The van der Waals surface area contributed by atoms with Crippen LogP contribution >= 0.6 is 11.3 Å². The van der Waals surface area contributed by atoms with Crippen molar-refractivity contribution in [3.63, 3.8) is 0 Å². The highest BCUT2D eigenvalue weighted by molar-refractivity contribution is 7.11. The van der Waals surface area contributed by atoms with Crippen LogP contribution in [0.4, 0.5) is 0 Å². The molecule has 0 radical (unpaired) electrons. The summed E-state index contributed by atoms with van der Waals surface area (Å²) in [6.45, 7) is 6.70. The summed E-state index contributed by atoms with van der Waals surface area (Å²) < 4.78 is 5.13. The summed E-state index contributed by atoms with van der Waals surface area (Å²) in [6.07, 6.45) is 4.09. The number of ether oxygens (including phenoxy) is 1. The fourth-order valence-corrected chi connectivity index (χ4v) is 3.94. The Morgan fingerprint density at radius 2 is 2.17 bits per heavy atom. The molecule has 100 valence electrons. The van der Waals surface area contributed by atoms with Gasteiger partial charge in [0.15, 0.2) is 0 Å². The number of esters is 1. The van der Waals surface area contributed by atoms with Crippen molar-refractivity contribution in [1.29, 1.82) is 0 Å². The molecule has 0 amide bonds. The molecule has 1 aliphatic rings. The summed E-state index contributed by atoms with van der Waals surface area (Å²) in [4.78, 5) is 17.9. The smallest absolute Gasteiger partial charge is 0.315 e. The third kappa shape index (κ3) is 2.44. The minimum absolute atomic E-state index is 0.0994. The Kier molecular flexibility index (Phi) is 4.38. The van der Waals surface area contributed by atoms with Crippen molar-refractivity contribution in [3.05, 3.63) is 15.6 Å². The monoisotopic (exact) mass is 267 g/mol. The van der Waals surface area contributed by atoms with E-state index < -0.39 is 0 Å². The Morgan fingerprint density at radius 3 is 2.78 bits per heavy atom. The molecule has 1 atom stereocenters. The van der Waals surface area contributed by atoms with Gasteiger partial charge in [0.1, 0.15) is 5.92 Å². The van der Waals surface area contributed by atoms with E-state index in [9.17, 15) is 4.79 Å². The quantitative estimate of drug-likeness (QED) is 0.765. The lowest BCUT2D eigenvalue weighted by atomic mass is 10.0. The predicted molar refractivity (Wildman–Crippen MR) is 73.1 cm³/mol. The molecule has 0 saturated heterocycles. The highest BCUT2D eigenvalue weighted by Crippen LogP contribution is 2.40. The average Bonchev–Trinajstić information content (AvgIpc) is 2.90. The predicted octanol–water partition coefficient (Wildman–Crippen LogP) is 3.64. The molecule has 1 aromatic rings. The molecule has 1 unspecified atom stereocenters. The number of carbonyl (C=O) groups is 1. The van der Waals surface area contributed by atoms with Crippen molar-refractivity contribution in [2.75, 3.05) is 6.61 Å². The third-order valence-corrected chi connectivity index (χ3v) is 4.93. The van der Waals surface area contributed by atoms with Crippen LogP contribution in [0, 0.1) is 0 Å². The molecule has 0 aliphatic heterocycles. The molecule has 0 spiro atoms. The Bertz CT molecular complexity index is 423. The second-order valence-electron chi connectivity index (χ2n) is 4.72. The zero-order valence-electron chi connectivity index (χ0n) is 11.4. The number of aryl methyl sites for hydroxylation is 1. The maximum absolute atomic E-state index is 11.9. The van der Waals surface area contributed by atoms with Gasteiger partial charge in [-0.15, -0.1) is 11.3 Å². The zero-order valence-corrected chi connectivity index (χ0v) is 12.2. The summed E-state index contributed by atoms with van der Waals surface area (Å²) >= 11 is 1.80. The maximum atomic E-state index is 11.9. The van der Waals surface area contributed by atoms with Crippen LogP contribution in [-0.2, 0) is 16.0 Å². The molecule has 3 nitrogen and oxygen atoms in total. The summed E-state index contributed by atoms with van der Waals surface area (Å²) in [5, 5.41) is 1.21. The lowest BCUT2D eigenvalue weighted by Crippen LogP contribution is -2.14. The normalized spacial score (nSPS) is 18.1. The number of aromatic nitrogens is 1. The molecule has 0 N–H and O–H groups in total. The number of rotatable bonds is 5. The van der Waals surface area contributed by atoms with Crippen LogP contribution < -0.4 is 0 Å². The molecule has 1 aliphatic carbocycles. The first-order valence-corrected chi connectivity index (χ1v) is 7.68. The van der Waals surface area contributed by atoms with Gasteiger partial charge in [-0.1, -0.05) is 13.8 Å². The minimum Gasteiger partial charge on any atom is -0.465 e. The fraction of sp³-hybridized carbons (Fsp3) is 0.714. The Morgan fingerprint density at radius 1 is 1.44 bits per heavy atom. The van der Waals surface area contributed by atoms with Crippen molar-refractivity contribution in [1.82, 2.24) is 4.98 Å². The second kappa shape index (κ2) is 5.83. The average molecular weight is 267 g/mol. The van der Waals surface area contributed by atoms with Crippen LogP contribution in [0.2, 0.25) is 0 Å². The van der Waals surface area contributed by atoms with Crippen LogP contribution in [0.1, 0.15) is 67.4 Å². The number of nitrogens with zero attached hydrogens (tertiary/aromatic N) is 1. The minimum atomic E-state index is -0.112. The van der Waals surface area contributed by atoms with E-state index >= 15 is 0 Å². The second-order valence-corrected chi connectivity index (χ2v) is 5.83. The highest BCUT2D eigenvalue weighted by atomic mass is 32.1. The molecule has 1 heterocycles. The molecule has 18 heavy (non-hydrogen) atoms. The van der Waals surface area contributed by atoms with Gasteiger partial charge in [-0.05, 0) is 32.6 Å². The van der Waals surface area contributed by atoms with Crippen LogP contribution in [-0.4, -0.2) is 17.6 Å². The molecule has 1 aromatic heterocycles. The third-order valence-electron chi connectivity index (χ3n) is 3.64. The first-order valence-electron chi connectivity index (χ1n) is 6.87. The first kappa shape index (κ1) is 13.5. The van der Waals surface area contributed by atoms with E-state index in [2.05, 4.69) is 13.8 Å². The largest absolute Gasteiger partial charge is 0.465 e. The van der Waals surface area contributed by atoms with Gasteiger partial charge in [-0.25, -0.2) is 4.98 Å². The Balaban J connectivity index is 2.20.